The van der Waals surface area contributed by atoms with Crippen molar-refractivity contribution in [1.29, 1.82) is 0 Å². The largest absolute Gasteiger partial charge is 0.403 e. The van der Waals surface area contributed by atoms with Crippen LogP contribution in [0.5, 0.6) is 0 Å². The van der Waals surface area contributed by atoms with Crippen LogP contribution in [0.15, 0.2) is 29.2 Å². The summed E-state index contributed by atoms with van der Waals surface area (Å²) in [4.78, 5) is -0.0182. The fourth-order valence-corrected chi connectivity index (χ4v) is 2.24. The molecular weight excluding hydrogens is 274 g/mol. The molecule has 1 aromatic carbocycles. The van der Waals surface area contributed by atoms with Crippen molar-refractivity contribution >= 4 is 10.0 Å². The fraction of sp³-hybridized carbons (Fsp3) is 0.500. The van der Waals surface area contributed by atoms with Crippen LogP contribution in [0.25, 0.3) is 0 Å². The first-order valence-electron chi connectivity index (χ1n) is 5.71. The summed E-state index contributed by atoms with van der Waals surface area (Å²) in [5.41, 5.74) is 0.899. The maximum absolute atomic E-state index is 13.7. The zero-order valence-corrected chi connectivity index (χ0v) is 12.3. The van der Waals surface area contributed by atoms with Crippen LogP contribution in [0, 0.1) is 6.92 Å². The third-order valence-electron chi connectivity index (χ3n) is 2.79. The number of quaternary nitrogens is 1. The van der Waals surface area contributed by atoms with E-state index < -0.39 is 27.1 Å². The smallest absolute Gasteiger partial charge is 0.269 e. The zero-order valence-electron chi connectivity index (χ0n) is 11.4. The van der Waals surface area contributed by atoms with Gasteiger partial charge in [-0.15, -0.1) is 8.78 Å². The first-order chi connectivity index (χ1) is 8.46. The molecule has 0 unspecified atom stereocenters. The number of sulfonamides is 1. The molecule has 0 radical (unpaired) electrons. The SMILES string of the molecule is Cc1ccc(S(=O)(=O)NCC(F)(F)[N+](C)(C)C)cc1. The Kier molecular flexibility index (Phi) is 4.33. The molecule has 0 saturated heterocycles. The highest BCUT2D eigenvalue weighted by atomic mass is 32.2. The third kappa shape index (κ3) is 3.95. The summed E-state index contributed by atoms with van der Waals surface area (Å²) >= 11 is 0. The molecule has 4 nitrogen and oxygen atoms in total. The van der Waals surface area contributed by atoms with E-state index in [-0.39, 0.29) is 4.90 Å². The molecule has 7 heteroatoms. The number of benzene rings is 1. The molecule has 0 aliphatic carbocycles. The summed E-state index contributed by atoms with van der Waals surface area (Å²) in [6, 6.07) is 2.83. The van der Waals surface area contributed by atoms with Crippen LogP contribution in [-0.4, -0.2) is 46.6 Å². The van der Waals surface area contributed by atoms with Crippen LogP contribution in [0.1, 0.15) is 5.56 Å². The standard InChI is InChI=1S/C12H19F2N2O2S/c1-10-5-7-11(8-6-10)19(17,18)15-9-12(13,14)16(2,3)4/h5-8,15H,9H2,1-4H3/q+1. The molecule has 0 bridgehead atoms. The number of nitrogens with one attached hydrogen (secondary N) is 1. The average Bonchev–Trinajstić information content (AvgIpc) is 2.26. The first-order valence-corrected chi connectivity index (χ1v) is 7.20. The van der Waals surface area contributed by atoms with Crippen molar-refractivity contribution in [2.24, 2.45) is 0 Å². The summed E-state index contributed by atoms with van der Waals surface area (Å²) in [5, 5.41) is 0. The van der Waals surface area contributed by atoms with E-state index in [1.54, 1.807) is 12.1 Å². The van der Waals surface area contributed by atoms with Crippen molar-refractivity contribution < 1.29 is 21.7 Å². The number of hydrogen-bond acceptors (Lipinski definition) is 2. The summed E-state index contributed by atoms with van der Waals surface area (Å²) in [6.45, 7) is 0.877. The minimum atomic E-state index is -3.91. The van der Waals surface area contributed by atoms with Crippen molar-refractivity contribution in [3.8, 4) is 0 Å². The Balaban J connectivity index is 2.85. The number of halogens is 2. The molecule has 0 spiro atoms. The van der Waals surface area contributed by atoms with E-state index in [0.717, 1.165) is 5.56 Å². The van der Waals surface area contributed by atoms with E-state index in [4.69, 9.17) is 0 Å². The van der Waals surface area contributed by atoms with E-state index in [1.165, 1.54) is 33.3 Å². The van der Waals surface area contributed by atoms with Gasteiger partial charge < -0.3 is 0 Å². The van der Waals surface area contributed by atoms with Crippen LogP contribution in [0.4, 0.5) is 8.78 Å². The van der Waals surface area contributed by atoms with E-state index in [1.807, 2.05) is 11.6 Å². The molecule has 0 heterocycles. The Hall–Kier alpha value is -1.05. The van der Waals surface area contributed by atoms with Crippen molar-refractivity contribution in [2.45, 2.75) is 17.9 Å². The molecule has 0 saturated carbocycles. The van der Waals surface area contributed by atoms with Gasteiger partial charge in [0.15, 0.2) is 0 Å². The molecule has 0 atom stereocenters. The summed E-state index contributed by atoms with van der Waals surface area (Å²) in [6.07, 6.45) is 0. The predicted molar refractivity (Wildman–Crippen MR) is 69.3 cm³/mol. The number of aryl methyl sites for hydroxylation is 1. The van der Waals surface area contributed by atoms with Gasteiger partial charge >= 0.3 is 6.05 Å². The minimum Gasteiger partial charge on any atom is -0.269 e. The molecule has 1 N–H and O–H groups in total. The van der Waals surface area contributed by atoms with Gasteiger partial charge in [0.05, 0.1) is 26.0 Å². The second-order valence-corrected chi connectivity index (χ2v) is 7.08. The maximum atomic E-state index is 13.7. The van der Waals surface area contributed by atoms with Gasteiger partial charge in [0.1, 0.15) is 6.54 Å². The van der Waals surface area contributed by atoms with Gasteiger partial charge in [0, 0.05) is 0 Å². The van der Waals surface area contributed by atoms with Gasteiger partial charge in [-0.1, -0.05) is 17.7 Å². The van der Waals surface area contributed by atoms with Crippen LogP contribution in [0.3, 0.4) is 0 Å². The lowest BCUT2D eigenvalue weighted by Crippen LogP contribution is -2.56. The van der Waals surface area contributed by atoms with Crippen LogP contribution >= 0.6 is 0 Å². The van der Waals surface area contributed by atoms with Crippen LogP contribution in [-0.2, 0) is 10.0 Å². The minimum absolute atomic E-state index is 0.0182. The fourth-order valence-electron chi connectivity index (χ4n) is 1.22. The van der Waals surface area contributed by atoms with Gasteiger partial charge in [0.25, 0.3) is 0 Å². The average molecular weight is 293 g/mol. The lowest BCUT2D eigenvalue weighted by atomic mass is 10.2. The second-order valence-electron chi connectivity index (χ2n) is 5.32. The number of nitrogens with zero attached hydrogens (tertiary/aromatic N) is 1. The third-order valence-corrected chi connectivity index (χ3v) is 4.20. The lowest BCUT2D eigenvalue weighted by molar-refractivity contribution is -0.959. The molecule has 0 aliphatic heterocycles. The molecule has 108 valence electrons. The Bertz CT molecular complexity index is 534. The van der Waals surface area contributed by atoms with Crippen molar-refractivity contribution in [3.63, 3.8) is 0 Å². The molecule has 0 fully saturated rings. The number of rotatable bonds is 5. The Morgan fingerprint density at radius 2 is 1.63 bits per heavy atom. The highest BCUT2D eigenvalue weighted by Gasteiger charge is 2.45. The monoisotopic (exact) mass is 293 g/mol. The Morgan fingerprint density at radius 3 is 2.05 bits per heavy atom. The number of alkyl halides is 2. The first kappa shape index (κ1) is 16.0. The molecule has 0 aliphatic rings. The Labute approximate surface area is 112 Å². The highest BCUT2D eigenvalue weighted by Crippen LogP contribution is 2.22. The lowest BCUT2D eigenvalue weighted by Gasteiger charge is -2.32. The molecule has 19 heavy (non-hydrogen) atoms. The summed E-state index contributed by atoms with van der Waals surface area (Å²) < 4.78 is 52.4. The van der Waals surface area contributed by atoms with Gasteiger partial charge in [-0.25, -0.2) is 8.42 Å². The van der Waals surface area contributed by atoms with E-state index in [2.05, 4.69) is 0 Å². The van der Waals surface area contributed by atoms with Gasteiger partial charge in [-0.2, -0.15) is 4.72 Å². The number of likely N-dealkylation sites (N-methyl/N-ethyl adjacent to an activating group) is 1. The van der Waals surface area contributed by atoms with Gasteiger partial charge in [-0.3, -0.25) is 4.48 Å². The van der Waals surface area contributed by atoms with Crippen molar-refractivity contribution in [1.82, 2.24) is 4.72 Å². The Morgan fingerprint density at radius 1 is 1.16 bits per heavy atom. The molecular formula is C12H19F2N2O2S+. The molecule has 0 aromatic heterocycles. The van der Waals surface area contributed by atoms with Gasteiger partial charge in [-0.05, 0) is 19.1 Å². The topological polar surface area (TPSA) is 46.2 Å². The highest BCUT2D eigenvalue weighted by molar-refractivity contribution is 7.89. The van der Waals surface area contributed by atoms with E-state index in [0.29, 0.717) is 0 Å². The molecule has 0 amide bonds. The zero-order chi connectivity index (χ0) is 14.9. The molecule has 1 aromatic rings. The predicted octanol–water partition coefficient (Wildman–Crippen LogP) is 1.57. The number of hydrogen-bond donors (Lipinski definition) is 1. The van der Waals surface area contributed by atoms with Crippen molar-refractivity contribution in [3.05, 3.63) is 29.8 Å². The van der Waals surface area contributed by atoms with Crippen LogP contribution in [0.2, 0.25) is 0 Å². The maximum Gasteiger partial charge on any atom is 0.403 e. The van der Waals surface area contributed by atoms with Crippen molar-refractivity contribution in [2.75, 3.05) is 27.7 Å². The van der Waals surface area contributed by atoms with E-state index >= 15 is 0 Å². The second kappa shape index (κ2) is 5.15. The quantitative estimate of drug-likeness (QED) is 0.662. The van der Waals surface area contributed by atoms with Gasteiger partial charge in [0.2, 0.25) is 10.0 Å². The van der Waals surface area contributed by atoms with Crippen LogP contribution < -0.4 is 4.72 Å². The normalized spacial score (nSPS) is 13.6. The summed E-state index contributed by atoms with van der Waals surface area (Å²) in [7, 11) is 0.00668. The molecule has 1 rings (SSSR count). The summed E-state index contributed by atoms with van der Waals surface area (Å²) in [5.74, 6) is 0. The van der Waals surface area contributed by atoms with E-state index in [9.17, 15) is 17.2 Å².